The Hall–Kier alpha value is -1.42. The molecule has 4 nitrogen and oxygen atoms in total. The van der Waals surface area contributed by atoms with Crippen LogP contribution in [0.15, 0.2) is 24.4 Å². The van der Waals surface area contributed by atoms with Crippen molar-refractivity contribution in [2.75, 3.05) is 19.6 Å². The molecule has 1 aromatic heterocycles. The number of carbonyl (C=O) groups is 1. The molecule has 0 radical (unpaired) electrons. The highest BCUT2D eigenvalue weighted by molar-refractivity contribution is 5.76. The zero-order valence-corrected chi connectivity index (χ0v) is 12.3. The molecule has 110 valence electrons. The molecule has 1 aliphatic rings. The Morgan fingerprint density at radius 1 is 1.45 bits per heavy atom. The molecule has 1 aromatic rings. The van der Waals surface area contributed by atoms with Crippen molar-refractivity contribution in [3.63, 3.8) is 0 Å². The third-order valence-electron chi connectivity index (χ3n) is 4.13. The summed E-state index contributed by atoms with van der Waals surface area (Å²) in [5.41, 5.74) is 1.03. The molecule has 1 unspecified atom stereocenters. The lowest BCUT2D eigenvalue weighted by Gasteiger charge is -2.27. The highest BCUT2D eigenvalue weighted by Gasteiger charge is 2.21. The monoisotopic (exact) mass is 275 g/mol. The van der Waals surface area contributed by atoms with Gasteiger partial charge in [-0.1, -0.05) is 13.0 Å². The number of hydrogen-bond donors (Lipinski definition) is 2. The first-order valence-electron chi connectivity index (χ1n) is 7.63. The molecule has 20 heavy (non-hydrogen) atoms. The molecule has 4 heteroatoms. The molecule has 2 N–H and O–H groups in total. The normalized spacial score (nSPS) is 17.6. The van der Waals surface area contributed by atoms with Gasteiger partial charge in [0.05, 0.1) is 0 Å². The SMILES string of the molecule is CC(CC(=O)NCCc1ccccn1)C1CCNCC1. The van der Waals surface area contributed by atoms with Crippen molar-refractivity contribution in [1.29, 1.82) is 0 Å². The largest absolute Gasteiger partial charge is 0.356 e. The van der Waals surface area contributed by atoms with E-state index in [0.29, 0.717) is 24.8 Å². The Morgan fingerprint density at radius 3 is 2.95 bits per heavy atom. The molecular weight excluding hydrogens is 250 g/mol. The molecule has 0 aromatic carbocycles. The van der Waals surface area contributed by atoms with Crippen LogP contribution < -0.4 is 10.6 Å². The quantitative estimate of drug-likeness (QED) is 0.832. The molecule has 2 heterocycles. The molecule has 0 aliphatic carbocycles. The third kappa shape index (κ3) is 4.93. The van der Waals surface area contributed by atoms with E-state index in [9.17, 15) is 4.79 Å². The van der Waals surface area contributed by atoms with E-state index in [-0.39, 0.29) is 5.91 Å². The summed E-state index contributed by atoms with van der Waals surface area (Å²) in [6.07, 6.45) is 5.63. The molecule has 0 saturated carbocycles. The van der Waals surface area contributed by atoms with Gasteiger partial charge >= 0.3 is 0 Å². The lowest BCUT2D eigenvalue weighted by molar-refractivity contribution is -0.122. The maximum absolute atomic E-state index is 11.9. The lowest BCUT2D eigenvalue weighted by atomic mass is 9.84. The average Bonchev–Trinajstić information content (AvgIpc) is 2.49. The molecule has 2 rings (SSSR count). The molecule has 0 spiro atoms. The van der Waals surface area contributed by atoms with Crippen molar-refractivity contribution >= 4 is 5.91 Å². The summed E-state index contributed by atoms with van der Waals surface area (Å²) in [4.78, 5) is 16.2. The number of nitrogens with one attached hydrogen (secondary N) is 2. The summed E-state index contributed by atoms with van der Waals surface area (Å²) < 4.78 is 0. The van der Waals surface area contributed by atoms with E-state index in [2.05, 4.69) is 22.5 Å². The van der Waals surface area contributed by atoms with Crippen molar-refractivity contribution in [3.8, 4) is 0 Å². The minimum absolute atomic E-state index is 0.173. The van der Waals surface area contributed by atoms with Crippen LogP contribution in [-0.2, 0) is 11.2 Å². The molecule has 1 atom stereocenters. The Kier molecular flexibility index (Phi) is 5.99. The van der Waals surface area contributed by atoms with Crippen LogP contribution in [0.4, 0.5) is 0 Å². The number of carbonyl (C=O) groups excluding carboxylic acids is 1. The predicted octanol–water partition coefficient (Wildman–Crippen LogP) is 1.77. The standard InChI is InChI=1S/C16H25N3O/c1-13(14-5-9-17-10-6-14)12-16(20)19-11-7-15-4-2-3-8-18-15/h2-4,8,13-14,17H,5-7,9-12H2,1H3,(H,19,20). The van der Waals surface area contributed by atoms with Gasteiger partial charge in [0.25, 0.3) is 0 Å². The second-order valence-electron chi connectivity index (χ2n) is 5.69. The van der Waals surface area contributed by atoms with Crippen LogP contribution in [0.3, 0.4) is 0 Å². The Bertz CT molecular complexity index is 401. The average molecular weight is 275 g/mol. The van der Waals surface area contributed by atoms with E-state index < -0.39 is 0 Å². The van der Waals surface area contributed by atoms with E-state index in [1.807, 2.05) is 18.2 Å². The first-order chi connectivity index (χ1) is 9.75. The van der Waals surface area contributed by atoms with Crippen LogP contribution in [0, 0.1) is 11.8 Å². The lowest BCUT2D eigenvalue weighted by Crippen LogP contribution is -2.34. The van der Waals surface area contributed by atoms with Crippen LogP contribution in [0.5, 0.6) is 0 Å². The molecular formula is C16H25N3O. The van der Waals surface area contributed by atoms with Crippen molar-refractivity contribution in [2.45, 2.75) is 32.6 Å². The number of pyridine rings is 1. The van der Waals surface area contributed by atoms with E-state index in [0.717, 1.165) is 25.2 Å². The number of hydrogen-bond acceptors (Lipinski definition) is 3. The fourth-order valence-electron chi connectivity index (χ4n) is 2.82. The summed E-state index contributed by atoms with van der Waals surface area (Å²) in [7, 11) is 0. The van der Waals surface area contributed by atoms with E-state index in [4.69, 9.17) is 0 Å². The van der Waals surface area contributed by atoms with Gasteiger partial charge < -0.3 is 10.6 Å². The predicted molar refractivity (Wildman–Crippen MR) is 80.3 cm³/mol. The maximum Gasteiger partial charge on any atom is 0.220 e. The Balaban J connectivity index is 1.64. The fraction of sp³-hybridized carbons (Fsp3) is 0.625. The van der Waals surface area contributed by atoms with Gasteiger partial charge in [0, 0.05) is 31.3 Å². The molecule has 1 amide bonds. The first-order valence-corrected chi connectivity index (χ1v) is 7.63. The first kappa shape index (κ1) is 15.0. The Labute approximate surface area is 121 Å². The zero-order valence-electron chi connectivity index (χ0n) is 12.3. The second kappa shape index (κ2) is 8.00. The van der Waals surface area contributed by atoms with Gasteiger partial charge in [-0.2, -0.15) is 0 Å². The molecule has 0 bridgehead atoms. The van der Waals surface area contributed by atoms with Crippen molar-refractivity contribution in [3.05, 3.63) is 30.1 Å². The van der Waals surface area contributed by atoms with Crippen LogP contribution in [-0.4, -0.2) is 30.5 Å². The van der Waals surface area contributed by atoms with Gasteiger partial charge in [-0.15, -0.1) is 0 Å². The zero-order chi connectivity index (χ0) is 14.2. The summed E-state index contributed by atoms with van der Waals surface area (Å²) >= 11 is 0. The summed E-state index contributed by atoms with van der Waals surface area (Å²) in [6, 6.07) is 5.87. The summed E-state index contributed by atoms with van der Waals surface area (Å²) in [6.45, 7) is 5.07. The highest BCUT2D eigenvalue weighted by atomic mass is 16.1. The smallest absolute Gasteiger partial charge is 0.220 e. The minimum Gasteiger partial charge on any atom is -0.356 e. The molecule has 1 fully saturated rings. The number of nitrogens with zero attached hydrogens (tertiary/aromatic N) is 1. The van der Waals surface area contributed by atoms with Crippen molar-refractivity contribution < 1.29 is 4.79 Å². The van der Waals surface area contributed by atoms with E-state index in [1.54, 1.807) is 6.20 Å². The number of rotatable bonds is 6. The van der Waals surface area contributed by atoms with E-state index in [1.165, 1.54) is 12.8 Å². The fourth-order valence-corrected chi connectivity index (χ4v) is 2.82. The summed E-state index contributed by atoms with van der Waals surface area (Å²) in [5.74, 6) is 1.34. The van der Waals surface area contributed by atoms with Gasteiger partial charge in [-0.3, -0.25) is 9.78 Å². The maximum atomic E-state index is 11.9. The van der Waals surface area contributed by atoms with Gasteiger partial charge in [0.2, 0.25) is 5.91 Å². The van der Waals surface area contributed by atoms with Gasteiger partial charge in [0.15, 0.2) is 0 Å². The van der Waals surface area contributed by atoms with Crippen LogP contribution in [0.25, 0.3) is 0 Å². The third-order valence-corrected chi connectivity index (χ3v) is 4.13. The molecule has 1 aliphatic heterocycles. The van der Waals surface area contributed by atoms with Crippen LogP contribution >= 0.6 is 0 Å². The summed E-state index contributed by atoms with van der Waals surface area (Å²) in [5, 5.41) is 6.37. The van der Waals surface area contributed by atoms with Crippen LogP contribution in [0.1, 0.15) is 31.9 Å². The van der Waals surface area contributed by atoms with Crippen LogP contribution in [0.2, 0.25) is 0 Å². The highest BCUT2D eigenvalue weighted by Crippen LogP contribution is 2.23. The van der Waals surface area contributed by atoms with Gasteiger partial charge in [-0.25, -0.2) is 0 Å². The number of aromatic nitrogens is 1. The van der Waals surface area contributed by atoms with Crippen molar-refractivity contribution in [2.24, 2.45) is 11.8 Å². The van der Waals surface area contributed by atoms with Gasteiger partial charge in [-0.05, 0) is 49.9 Å². The minimum atomic E-state index is 0.173. The molecule has 1 saturated heterocycles. The van der Waals surface area contributed by atoms with Crippen molar-refractivity contribution in [1.82, 2.24) is 15.6 Å². The number of piperidine rings is 1. The van der Waals surface area contributed by atoms with Gasteiger partial charge in [0.1, 0.15) is 0 Å². The van der Waals surface area contributed by atoms with E-state index >= 15 is 0 Å². The topological polar surface area (TPSA) is 54.0 Å². The number of amides is 1. The second-order valence-corrected chi connectivity index (χ2v) is 5.69. The Morgan fingerprint density at radius 2 is 2.25 bits per heavy atom.